The Morgan fingerprint density at radius 1 is 0.850 bits per heavy atom. The highest BCUT2D eigenvalue weighted by Crippen LogP contribution is 2.33. The van der Waals surface area contributed by atoms with E-state index >= 15 is 0 Å². The quantitative estimate of drug-likeness (QED) is 0.827. The number of methoxy groups -OCH3 is 3. The van der Waals surface area contributed by atoms with Gasteiger partial charge in [-0.25, -0.2) is 0 Å². The van der Waals surface area contributed by atoms with Crippen LogP contribution in [0.15, 0.2) is 49.0 Å². The second-order valence-electron chi connectivity index (χ2n) is 4.28. The molecule has 0 atom stereocenters. The molecular formula is C17H18O3. The van der Waals surface area contributed by atoms with E-state index in [4.69, 9.17) is 14.2 Å². The summed E-state index contributed by atoms with van der Waals surface area (Å²) in [5.74, 6) is 2.25. The summed E-state index contributed by atoms with van der Waals surface area (Å²) >= 11 is 0. The van der Waals surface area contributed by atoms with E-state index < -0.39 is 0 Å². The van der Waals surface area contributed by atoms with Crippen LogP contribution in [0.4, 0.5) is 0 Å². The molecule has 0 saturated heterocycles. The Morgan fingerprint density at radius 2 is 1.45 bits per heavy atom. The SMILES string of the molecule is C=C(c1cc(OC)cc(OC)c1)c1ccccc1OC. The number of benzene rings is 2. The predicted molar refractivity (Wildman–Crippen MR) is 80.7 cm³/mol. The monoisotopic (exact) mass is 270 g/mol. The van der Waals surface area contributed by atoms with Gasteiger partial charge in [0.25, 0.3) is 0 Å². The van der Waals surface area contributed by atoms with Crippen molar-refractivity contribution in [3.05, 3.63) is 60.2 Å². The second kappa shape index (κ2) is 6.15. The lowest BCUT2D eigenvalue weighted by Crippen LogP contribution is -1.94. The van der Waals surface area contributed by atoms with E-state index in [1.807, 2.05) is 42.5 Å². The number of ether oxygens (including phenoxy) is 3. The molecule has 0 fully saturated rings. The maximum absolute atomic E-state index is 5.38. The number of para-hydroxylation sites is 1. The van der Waals surface area contributed by atoms with Gasteiger partial charge in [0.1, 0.15) is 17.2 Å². The first-order valence-corrected chi connectivity index (χ1v) is 6.25. The van der Waals surface area contributed by atoms with E-state index in [0.29, 0.717) is 0 Å². The van der Waals surface area contributed by atoms with Crippen molar-refractivity contribution in [2.75, 3.05) is 21.3 Å². The number of rotatable bonds is 5. The summed E-state index contributed by atoms with van der Waals surface area (Å²) in [5.41, 5.74) is 2.75. The Hall–Kier alpha value is -2.42. The number of hydrogen-bond donors (Lipinski definition) is 0. The Labute approximate surface area is 119 Å². The fraction of sp³-hybridized carbons (Fsp3) is 0.176. The Morgan fingerprint density at radius 3 is 2.00 bits per heavy atom. The molecule has 0 amide bonds. The topological polar surface area (TPSA) is 27.7 Å². The van der Waals surface area contributed by atoms with Crippen LogP contribution in [-0.2, 0) is 0 Å². The summed E-state index contributed by atoms with van der Waals surface area (Å²) in [6, 6.07) is 13.5. The van der Waals surface area contributed by atoms with Gasteiger partial charge in [0.15, 0.2) is 0 Å². The highest BCUT2D eigenvalue weighted by molar-refractivity contribution is 5.82. The number of hydrogen-bond acceptors (Lipinski definition) is 3. The van der Waals surface area contributed by atoms with Gasteiger partial charge < -0.3 is 14.2 Å². The first-order chi connectivity index (χ1) is 9.69. The molecule has 2 rings (SSSR count). The summed E-state index contributed by atoms with van der Waals surface area (Å²) < 4.78 is 16.0. The third-order valence-electron chi connectivity index (χ3n) is 3.13. The molecule has 0 saturated carbocycles. The molecule has 0 heterocycles. The molecule has 0 unspecified atom stereocenters. The van der Waals surface area contributed by atoms with Crippen molar-refractivity contribution in [2.24, 2.45) is 0 Å². The first-order valence-electron chi connectivity index (χ1n) is 6.25. The molecule has 20 heavy (non-hydrogen) atoms. The smallest absolute Gasteiger partial charge is 0.126 e. The minimum atomic E-state index is 0.732. The van der Waals surface area contributed by atoms with Gasteiger partial charge in [0, 0.05) is 11.6 Å². The highest BCUT2D eigenvalue weighted by atomic mass is 16.5. The largest absolute Gasteiger partial charge is 0.497 e. The molecule has 0 N–H and O–H groups in total. The maximum atomic E-state index is 5.38. The maximum Gasteiger partial charge on any atom is 0.126 e. The average Bonchev–Trinajstić information content (AvgIpc) is 2.53. The van der Waals surface area contributed by atoms with Gasteiger partial charge in [-0.05, 0) is 29.3 Å². The minimum absolute atomic E-state index is 0.732. The van der Waals surface area contributed by atoms with Crippen molar-refractivity contribution in [1.29, 1.82) is 0 Å². The molecule has 2 aromatic rings. The molecule has 0 aliphatic carbocycles. The van der Waals surface area contributed by atoms with Crippen molar-refractivity contribution in [3.63, 3.8) is 0 Å². The normalized spacial score (nSPS) is 9.95. The van der Waals surface area contributed by atoms with Crippen LogP contribution in [0.1, 0.15) is 11.1 Å². The summed E-state index contributed by atoms with van der Waals surface area (Å²) in [6.07, 6.45) is 0. The van der Waals surface area contributed by atoms with E-state index in [0.717, 1.165) is 33.9 Å². The summed E-state index contributed by atoms with van der Waals surface area (Å²) in [7, 11) is 4.91. The van der Waals surface area contributed by atoms with Gasteiger partial charge in [-0.3, -0.25) is 0 Å². The lowest BCUT2D eigenvalue weighted by atomic mass is 9.98. The minimum Gasteiger partial charge on any atom is -0.497 e. The van der Waals surface area contributed by atoms with Crippen LogP contribution < -0.4 is 14.2 Å². The Balaban J connectivity index is 2.47. The van der Waals surface area contributed by atoms with Crippen molar-refractivity contribution in [1.82, 2.24) is 0 Å². The lowest BCUT2D eigenvalue weighted by Gasteiger charge is -2.13. The van der Waals surface area contributed by atoms with E-state index in [9.17, 15) is 0 Å². The van der Waals surface area contributed by atoms with Gasteiger partial charge in [0.05, 0.1) is 21.3 Å². The van der Waals surface area contributed by atoms with Crippen molar-refractivity contribution in [3.8, 4) is 17.2 Å². The average molecular weight is 270 g/mol. The summed E-state index contributed by atoms with van der Waals surface area (Å²) in [5, 5.41) is 0. The van der Waals surface area contributed by atoms with E-state index in [1.165, 1.54) is 0 Å². The van der Waals surface area contributed by atoms with Crippen LogP contribution in [0.2, 0.25) is 0 Å². The van der Waals surface area contributed by atoms with E-state index in [1.54, 1.807) is 21.3 Å². The molecular weight excluding hydrogens is 252 g/mol. The molecule has 104 valence electrons. The zero-order valence-corrected chi connectivity index (χ0v) is 12.0. The van der Waals surface area contributed by atoms with Gasteiger partial charge in [-0.2, -0.15) is 0 Å². The van der Waals surface area contributed by atoms with Crippen molar-refractivity contribution < 1.29 is 14.2 Å². The van der Waals surface area contributed by atoms with E-state index in [-0.39, 0.29) is 0 Å². The van der Waals surface area contributed by atoms with Gasteiger partial charge >= 0.3 is 0 Å². The van der Waals surface area contributed by atoms with Crippen molar-refractivity contribution in [2.45, 2.75) is 0 Å². The first kappa shape index (κ1) is 14.0. The molecule has 0 bridgehead atoms. The standard InChI is InChI=1S/C17H18O3/c1-12(16-7-5-6-8-17(16)20-4)13-9-14(18-2)11-15(10-13)19-3/h5-11H,1H2,2-4H3. The molecule has 0 aliphatic rings. The van der Waals surface area contributed by atoms with Crippen LogP contribution >= 0.6 is 0 Å². The van der Waals surface area contributed by atoms with Crippen LogP contribution in [0.5, 0.6) is 17.2 Å². The molecule has 3 heteroatoms. The van der Waals surface area contributed by atoms with Gasteiger partial charge in [0.2, 0.25) is 0 Å². The highest BCUT2D eigenvalue weighted by Gasteiger charge is 2.10. The third kappa shape index (κ3) is 2.77. The van der Waals surface area contributed by atoms with Crippen LogP contribution in [-0.4, -0.2) is 21.3 Å². The van der Waals surface area contributed by atoms with Crippen LogP contribution in [0.25, 0.3) is 5.57 Å². The van der Waals surface area contributed by atoms with Gasteiger partial charge in [-0.1, -0.05) is 24.8 Å². The fourth-order valence-corrected chi connectivity index (χ4v) is 2.03. The zero-order chi connectivity index (χ0) is 14.5. The fourth-order valence-electron chi connectivity index (χ4n) is 2.03. The summed E-state index contributed by atoms with van der Waals surface area (Å²) in [4.78, 5) is 0. The molecule has 0 aromatic heterocycles. The van der Waals surface area contributed by atoms with E-state index in [2.05, 4.69) is 6.58 Å². The van der Waals surface area contributed by atoms with Crippen molar-refractivity contribution >= 4 is 5.57 Å². The zero-order valence-electron chi connectivity index (χ0n) is 12.0. The lowest BCUT2D eigenvalue weighted by molar-refractivity contribution is 0.394. The predicted octanol–water partition coefficient (Wildman–Crippen LogP) is 3.77. The van der Waals surface area contributed by atoms with Gasteiger partial charge in [-0.15, -0.1) is 0 Å². The van der Waals surface area contributed by atoms with Crippen LogP contribution in [0, 0.1) is 0 Å². The van der Waals surface area contributed by atoms with Crippen LogP contribution in [0.3, 0.4) is 0 Å². The summed E-state index contributed by atoms with van der Waals surface area (Å²) in [6.45, 7) is 4.16. The molecule has 0 spiro atoms. The molecule has 2 aromatic carbocycles. The Bertz CT molecular complexity index is 595. The molecule has 0 radical (unpaired) electrons. The Kier molecular flexibility index (Phi) is 4.31. The third-order valence-corrected chi connectivity index (χ3v) is 3.13. The second-order valence-corrected chi connectivity index (χ2v) is 4.28. The molecule has 0 aliphatic heterocycles. The molecule has 3 nitrogen and oxygen atoms in total.